The van der Waals surface area contributed by atoms with Gasteiger partial charge in [-0.1, -0.05) is 11.6 Å². The number of pyridine rings is 1. The quantitative estimate of drug-likeness (QED) is 0.832. The van der Waals surface area contributed by atoms with Crippen molar-refractivity contribution in [1.29, 1.82) is 0 Å². The van der Waals surface area contributed by atoms with E-state index in [0.29, 0.717) is 11.1 Å². The summed E-state index contributed by atoms with van der Waals surface area (Å²) in [4.78, 5) is 4.05. The number of hydrogen-bond donors (Lipinski definition) is 1. The second-order valence-electron chi connectivity index (χ2n) is 3.40. The highest BCUT2D eigenvalue weighted by atomic mass is 79.9. The first-order chi connectivity index (χ1) is 6.18. The second-order valence-corrected chi connectivity index (χ2v) is 4.62. The number of aromatic nitrogens is 1. The van der Waals surface area contributed by atoms with Gasteiger partial charge in [-0.25, -0.2) is 4.98 Å². The molecule has 70 valence electrons. The fourth-order valence-corrected chi connectivity index (χ4v) is 1.82. The van der Waals surface area contributed by atoms with Gasteiger partial charge in [0, 0.05) is 12.2 Å². The molecule has 1 aliphatic rings. The van der Waals surface area contributed by atoms with Crippen molar-refractivity contribution in [2.45, 2.75) is 18.9 Å². The summed E-state index contributed by atoms with van der Waals surface area (Å²) in [6, 6.07) is 2.08. The van der Waals surface area contributed by atoms with E-state index in [1.54, 1.807) is 6.20 Å². The van der Waals surface area contributed by atoms with Gasteiger partial charge in [-0.2, -0.15) is 0 Å². The molecular weight excluding hydrogens is 251 g/mol. The predicted octanol–water partition coefficient (Wildman–Crippen LogP) is 2.91. The van der Waals surface area contributed by atoms with E-state index in [0.717, 1.165) is 10.0 Å². The third kappa shape index (κ3) is 2.03. The largest absolute Gasteiger partial charge is 0.324 e. The number of nitrogens with zero attached hydrogens (tertiary/aromatic N) is 1. The number of halogens is 2. The molecule has 0 aromatic carbocycles. The summed E-state index contributed by atoms with van der Waals surface area (Å²) < 4.78 is 0.822. The molecule has 2 rings (SSSR count). The van der Waals surface area contributed by atoms with Crippen LogP contribution in [0.2, 0.25) is 5.15 Å². The first kappa shape index (κ1) is 9.44. The minimum atomic E-state index is 0.126. The Kier molecular flexibility index (Phi) is 2.58. The van der Waals surface area contributed by atoms with Crippen molar-refractivity contribution in [3.63, 3.8) is 0 Å². The van der Waals surface area contributed by atoms with Crippen LogP contribution in [-0.4, -0.2) is 4.98 Å². The van der Waals surface area contributed by atoms with Crippen LogP contribution in [0.15, 0.2) is 16.7 Å². The van der Waals surface area contributed by atoms with Gasteiger partial charge in [-0.3, -0.25) is 0 Å². The zero-order valence-corrected chi connectivity index (χ0v) is 9.35. The van der Waals surface area contributed by atoms with E-state index in [4.69, 9.17) is 17.3 Å². The summed E-state index contributed by atoms with van der Waals surface area (Å²) in [6.45, 7) is 0. The Morgan fingerprint density at radius 1 is 1.62 bits per heavy atom. The van der Waals surface area contributed by atoms with Crippen molar-refractivity contribution in [1.82, 2.24) is 4.98 Å². The van der Waals surface area contributed by atoms with E-state index in [-0.39, 0.29) is 6.04 Å². The van der Waals surface area contributed by atoms with E-state index < -0.39 is 0 Å². The van der Waals surface area contributed by atoms with Crippen molar-refractivity contribution in [3.8, 4) is 0 Å². The van der Waals surface area contributed by atoms with Crippen LogP contribution in [0.4, 0.5) is 0 Å². The van der Waals surface area contributed by atoms with Gasteiger partial charge in [-0.15, -0.1) is 0 Å². The van der Waals surface area contributed by atoms with Crippen LogP contribution in [0, 0.1) is 5.92 Å². The highest BCUT2D eigenvalue weighted by Gasteiger charge is 2.29. The van der Waals surface area contributed by atoms with Crippen LogP contribution in [0.3, 0.4) is 0 Å². The monoisotopic (exact) mass is 260 g/mol. The van der Waals surface area contributed by atoms with E-state index in [2.05, 4.69) is 20.9 Å². The molecule has 2 N–H and O–H groups in total. The second kappa shape index (κ2) is 3.56. The van der Waals surface area contributed by atoms with Gasteiger partial charge < -0.3 is 5.73 Å². The summed E-state index contributed by atoms with van der Waals surface area (Å²) in [6.07, 6.45) is 4.24. The number of rotatable bonds is 2. The first-order valence-electron chi connectivity index (χ1n) is 4.25. The van der Waals surface area contributed by atoms with Crippen LogP contribution >= 0.6 is 27.5 Å². The summed E-state index contributed by atoms with van der Waals surface area (Å²) in [5, 5.41) is 0.492. The van der Waals surface area contributed by atoms with Crippen molar-refractivity contribution in [3.05, 3.63) is 27.5 Å². The zero-order chi connectivity index (χ0) is 9.42. The Morgan fingerprint density at radius 2 is 2.31 bits per heavy atom. The third-order valence-corrected chi connectivity index (χ3v) is 3.47. The zero-order valence-electron chi connectivity index (χ0n) is 7.00. The molecule has 0 amide bonds. The lowest BCUT2D eigenvalue weighted by Crippen LogP contribution is -2.12. The molecule has 1 unspecified atom stereocenters. The lowest BCUT2D eigenvalue weighted by molar-refractivity contribution is 0.630. The predicted molar refractivity (Wildman–Crippen MR) is 56.6 cm³/mol. The average Bonchev–Trinajstić information content (AvgIpc) is 2.91. The maximum atomic E-state index is 6.02. The minimum Gasteiger partial charge on any atom is -0.324 e. The molecule has 0 saturated heterocycles. The average molecular weight is 262 g/mol. The Labute approximate surface area is 90.6 Å². The molecule has 1 atom stereocenters. The molecule has 13 heavy (non-hydrogen) atoms. The maximum absolute atomic E-state index is 6.02. The summed E-state index contributed by atoms with van der Waals surface area (Å²) in [5.41, 5.74) is 7.08. The summed E-state index contributed by atoms with van der Waals surface area (Å²) >= 11 is 9.12. The lowest BCUT2D eigenvalue weighted by Gasteiger charge is -2.10. The highest BCUT2D eigenvalue weighted by Crippen LogP contribution is 2.40. The van der Waals surface area contributed by atoms with Gasteiger partial charge in [0.15, 0.2) is 0 Å². The third-order valence-electron chi connectivity index (χ3n) is 2.33. The lowest BCUT2D eigenvalue weighted by atomic mass is 10.1. The van der Waals surface area contributed by atoms with Gasteiger partial charge in [0.1, 0.15) is 5.15 Å². The molecule has 2 nitrogen and oxygen atoms in total. The molecule has 1 aromatic heterocycles. The summed E-state index contributed by atoms with van der Waals surface area (Å²) in [7, 11) is 0. The molecule has 1 aliphatic carbocycles. The Hall–Kier alpha value is -0.120. The molecule has 1 heterocycles. The molecule has 0 bridgehead atoms. The van der Waals surface area contributed by atoms with E-state index in [1.807, 2.05) is 6.07 Å². The Morgan fingerprint density at radius 3 is 2.85 bits per heavy atom. The number of nitrogens with two attached hydrogens (primary N) is 1. The van der Waals surface area contributed by atoms with Gasteiger partial charge in [0.05, 0.1) is 4.47 Å². The summed E-state index contributed by atoms with van der Waals surface area (Å²) in [5.74, 6) is 0.648. The SMILES string of the molecule is NC(c1cnc(Cl)c(Br)c1)C1CC1. The molecule has 0 radical (unpaired) electrons. The van der Waals surface area contributed by atoms with Crippen molar-refractivity contribution in [2.24, 2.45) is 11.7 Å². The molecule has 1 fully saturated rings. The molecule has 4 heteroatoms. The van der Waals surface area contributed by atoms with Crippen molar-refractivity contribution >= 4 is 27.5 Å². The highest BCUT2D eigenvalue weighted by molar-refractivity contribution is 9.10. The Balaban J connectivity index is 2.24. The van der Waals surface area contributed by atoms with Gasteiger partial charge >= 0.3 is 0 Å². The molecule has 0 spiro atoms. The van der Waals surface area contributed by atoms with Gasteiger partial charge in [0.2, 0.25) is 0 Å². The smallest absolute Gasteiger partial charge is 0.143 e. The molecule has 0 aliphatic heterocycles. The van der Waals surface area contributed by atoms with Gasteiger partial charge in [-0.05, 0) is 46.3 Å². The van der Waals surface area contributed by atoms with Crippen molar-refractivity contribution < 1.29 is 0 Å². The fraction of sp³-hybridized carbons (Fsp3) is 0.444. The van der Waals surface area contributed by atoms with Crippen LogP contribution in [-0.2, 0) is 0 Å². The van der Waals surface area contributed by atoms with Crippen molar-refractivity contribution in [2.75, 3.05) is 0 Å². The minimum absolute atomic E-state index is 0.126. The molecule has 1 aromatic rings. The fourth-order valence-electron chi connectivity index (χ4n) is 1.35. The van der Waals surface area contributed by atoms with Gasteiger partial charge in [0.25, 0.3) is 0 Å². The topological polar surface area (TPSA) is 38.9 Å². The van der Waals surface area contributed by atoms with E-state index >= 15 is 0 Å². The standard InChI is InChI=1S/C9H10BrClN2/c10-7-3-6(4-13-9(7)11)8(12)5-1-2-5/h3-5,8H,1-2,12H2. The van der Waals surface area contributed by atoms with Crippen LogP contribution in [0.5, 0.6) is 0 Å². The van der Waals surface area contributed by atoms with E-state index in [1.165, 1.54) is 12.8 Å². The normalized spacial score (nSPS) is 18.7. The maximum Gasteiger partial charge on any atom is 0.143 e. The molecule has 1 saturated carbocycles. The Bertz CT molecular complexity index is 325. The van der Waals surface area contributed by atoms with Crippen LogP contribution in [0.1, 0.15) is 24.4 Å². The van der Waals surface area contributed by atoms with E-state index in [9.17, 15) is 0 Å². The number of hydrogen-bond acceptors (Lipinski definition) is 2. The van der Waals surface area contributed by atoms with Crippen LogP contribution < -0.4 is 5.73 Å². The first-order valence-corrected chi connectivity index (χ1v) is 5.42. The molecular formula is C9H10BrClN2. The van der Waals surface area contributed by atoms with Crippen LogP contribution in [0.25, 0.3) is 0 Å².